The second kappa shape index (κ2) is 4.50. The van der Waals surface area contributed by atoms with E-state index in [1.807, 2.05) is 0 Å². The second-order valence-electron chi connectivity index (χ2n) is 6.79. The highest BCUT2D eigenvalue weighted by Crippen LogP contribution is 2.45. The molecule has 2 saturated carbocycles. The van der Waals surface area contributed by atoms with Gasteiger partial charge in [-0.2, -0.15) is 0 Å². The van der Waals surface area contributed by atoms with Crippen LogP contribution in [-0.2, 0) is 4.79 Å². The minimum Gasteiger partial charge on any atom is -0.299 e. The largest absolute Gasteiger partial charge is 0.299 e. The van der Waals surface area contributed by atoms with E-state index in [0.29, 0.717) is 17.6 Å². The third-order valence-electron chi connectivity index (χ3n) is 5.02. The van der Waals surface area contributed by atoms with Gasteiger partial charge in [0.1, 0.15) is 5.78 Å². The summed E-state index contributed by atoms with van der Waals surface area (Å²) in [5, 5.41) is 0. The van der Waals surface area contributed by atoms with Crippen LogP contribution in [0.5, 0.6) is 0 Å². The molecule has 0 saturated heterocycles. The molecule has 0 aromatic rings. The monoisotopic (exact) mass is 222 g/mol. The van der Waals surface area contributed by atoms with E-state index in [-0.39, 0.29) is 5.41 Å². The highest BCUT2D eigenvalue weighted by Gasteiger charge is 2.41. The molecule has 92 valence electrons. The van der Waals surface area contributed by atoms with Crippen molar-refractivity contribution in [2.24, 2.45) is 23.2 Å². The summed E-state index contributed by atoms with van der Waals surface area (Å²) in [4.78, 5) is 12.5. The lowest BCUT2D eigenvalue weighted by Gasteiger charge is -2.32. The molecule has 0 heterocycles. The van der Waals surface area contributed by atoms with E-state index < -0.39 is 0 Å². The lowest BCUT2D eigenvalue weighted by atomic mass is 9.71. The molecule has 2 aliphatic rings. The Morgan fingerprint density at radius 3 is 2.19 bits per heavy atom. The van der Waals surface area contributed by atoms with Crippen molar-refractivity contribution in [2.75, 3.05) is 0 Å². The third-order valence-corrected chi connectivity index (χ3v) is 5.02. The van der Waals surface area contributed by atoms with Gasteiger partial charge in [0.15, 0.2) is 0 Å². The minimum absolute atomic E-state index is 0.278. The standard InChI is InChI=1S/C15H26O/c1-11-6-8-12(9-7-11)14(16)13-5-4-10-15(13,2)3/h11-13H,4-10H2,1-3H3. The number of Topliss-reactive ketones (excluding diaryl/α,β-unsaturated/α-hetero) is 1. The predicted octanol–water partition coefficient (Wildman–Crippen LogP) is 4.21. The summed E-state index contributed by atoms with van der Waals surface area (Å²) in [5.74, 6) is 2.22. The fourth-order valence-corrected chi connectivity index (χ4v) is 3.68. The molecule has 1 unspecified atom stereocenters. The van der Waals surface area contributed by atoms with Gasteiger partial charge in [-0.15, -0.1) is 0 Å². The number of hydrogen-bond acceptors (Lipinski definition) is 1. The Balaban J connectivity index is 1.97. The molecule has 0 spiro atoms. The van der Waals surface area contributed by atoms with Crippen LogP contribution in [0, 0.1) is 23.2 Å². The highest BCUT2D eigenvalue weighted by atomic mass is 16.1. The van der Waals surface area contributed by atoms with Crippen molar-refractivity contribution in [3.05, 3.63) is 0 Å². The van der Waals surface area contributed by atoms with Crippen LogP contribution in [0.15, 0.2) is 0 Å². The van der Waals surface area contributed by atoms with Crippen LogP contribution in [0.2, 0.25) is 0 Å². The first kappa shape index (κ1) is 12.1. The maximum absolute atomic E-state index is 12.5. The molecule has 0 aromatic heterocycles. The van der Waals surface area contributed by atoms with Gasteiger partial charge in [0.25, 0.3) is 0 Å². The maximum atomic E-state index is 12.5. The molecule has 0 N–H and O–H groups in total. The van der Waals surface area contributed by atoms with E-state index in [1.54, 1.807) is 0 Å². The lowest BCUT2D eigenvalue weighted by molar-refractivity contribution is -0.130. The topological polar surface area (TPSA) is 17.1 Å². The van der Waals surface area contributed by atoms with Crippen molar-refractivity contribution in [3.63, 3.8) is 0 Å². The molecule has 1 nitrogen and oxygen atoms in total. The van der Waals surface area contributed by atoms with Gasteiger partial charge in [0, 0.05) is 11.8 Å². The molecule has 2 rings (SSSR count). The van der Waals surface area contributed by atoms with Gasteiger partial charge in [0.05, 0.1) is 0 Å². The minimum atomic E-state index is 0.278. The number of carbonyl (C=O) groups excluding carboxylic acids is 1. The van der Waals surface area contributed by atoms with E-state index in [1.165, 1.54) is 25.7 Å². The summed E-state index contributed by atoms with van der Waals surface area (Å²) >= 11 is 0. The van der Waals surface area contributed by atoms with Crippen LogP contribution in [0.3, 0.4) is 0 Å². The van der Waals surface area contributed by atoms with Crippen molar-refractivity contribution in [1.82, 2.24) is 0 Å². The molecule has 2 aliphatic carbocycles. The number of hydrogen-bond donors (Lipinski definition) is 0. The molecule has 0 radical (unpaired) electrons. The first-order valence-electron chi connectivity index (χ1n) is 7.04. The first-order valence-corrected chi connectivity index (χ1v) is 7.04. The van der Waals surface area contributed by atoms with Crippen molar-refractivity contribution in [1.29, 1.82) is 0 Å². The van der Waals surface area contributed by atoms with Crippen LogP contribution in [-0.4, -0.2) is 5.78 Å². The first-order chi connectivity index (χ1) is 7.50. The van der Waals surface area contributed by atoms with Crippen molar-refractivity contribution < 1.29 is 4.79 Å². The van der Waals surface area contributed by atoms with Crippen molar-refractivity contribution >= 4 is 5.78 Å². The molecule has 2 fully saturated rings. The zero-order valence-corrected chi connectivity index (χ0v) is 11.1. The Hall–Kier alpha value is -0.330. The summed E-state index contributed by atoms with van der Waals surface area (Å²) in [6.45, 7) is 6.89. The summed E-state index contributed by atoms with van der Waals surface area (Å²) in [5.41, 5.74) is 0.278. The van der Waals surface area contributed by atoms with Crippen LogP contribution in [0.1, 0.15) is 65.7 Å². The molecule has 16 heavy (non-hydrogen) atoms. The van der Waals surface area contributed by atoms with Crippen molar-refractivity contribution in [2.45, 2.75) is 65.7 Å². The molecule has 1 heteroatoms. The van der Waals surface area contributed by atoms with Crippen LogP contribution in [0.25, 0.3) is 0 Å². The molecule has 1 atom stereocenters. The summed E-state index contributed by atoms with van der Waals surface area (Å²) in [6, 6.07) is 0. The van der Waals surface area contributed by atoms with E-state index in [2.05, 4.69) is 20.8 Å². The van der Waals surface area contributed by atoms with Gasteiger partial charge < -0.3 is 0 Å². The molecule has 0 aromatic carbocycles. The van der Waals surface area contributed by atoms with Crippen LogP contribution in [0.4, 0.5) is 0 Å². The zero-order valence-electron chi connectivity index (χ0n) is 11.1. The third kappa shape index (κ3) is 2.33. The predicted molar refractivity (Wildman–Crippen MR) is 67.3 cm³/mol. The fraction of sp³-hybridized carbons (Fsp3) is 0.933. The Kier molecular flexibility index (Phi) is 3.42. The van der Waals surface area contributed by atoms with Crippen LogP contribution >= 0.6 is 0 Å². The van der Waals surface area contributed by atoms with Gasteiger partial charge >= 0.3 is 0 Å². The molecular formula is C15H26O. The Bertz CT molecular complexity index is 259. The summed E-state index contributed by atoms with van der Waals surface area (Å²) in [6.07, 6.45) is 8.50. The second-order valence-corrected chi connectivity index (χ2v) is 6.79. The van der Waals surface area contributed by atoms with Gasteiger partial charge in [-0.1, -0.05) is 40.0 Å². The average Bonchev–Trinajstić information content (AvgIpc) is 2.58. The van der Waals surface area contributed by atoms with E-state index in [4.69, 9.17) is 0 Å². The number of rotatable bonds is 2. The molecule has 0 aliphatic heterocycles. The highest BCUT2D eigenvalue weighted by molar-refractivity contribution is 5.84. The Labute approximate surface area is 100.0 Å². The van der Waals surface area contributed by atoms with E-state index >= 15 is 0 Å². The Morgan fingerprint density at radius 1 is 1.06 bits per heavy atom. The SMILES string of the molecule is CC1CCC(C(=O)C2CCCC2(C)C)CC1. The van der Waals surface area contributed by atoms with E-state index in [9.17, 15) is 4.79 Å². The summed E-state index contributed by atoms with van der Waals surface area (Å²) in [7, 11) is 0. The Morgan fingerprint density at radius 2 is 1.69 bits per heavy atom. The summed E-state index contributed by atoms with van der Waals surface area (Å²) < 4.78 is 0. The quantitative estimate of drug-likeness (QED) is 0.684. The molecule has 0 amide bonds. The molecular weight excluding hydrogens is 196 g/mol. The average molecular weight is 222 g/mol. The zero-order chi connectivity index (χ0) is 11.8. The fourth-order valence-electron chi connectivity index (χ4n) is 3.68. The smallest absolute Gasteiger partial charge is 0.139 e. The van der Waals surface area contributed by atoms with Crippen LogP contribution < -0.4 is 0 Å². The number of carbonyl (C=O) groups is 1. The lowest BCUT2D eigenvalue weighted by Crippen LogP contribution is -2.32. The van der Waals surface area contributed by atoms with Crippen molar-refractivity contribution in [3.8, 4) is 0 Å². The van der Waals surface area contributed by atoms with Gasteiger partial charge in [0.2, 0.25) is 0 Å². The molecule has 0 bridgehead atoms. The van der Waals surface area contributed by atoms with Gasteiger partial charge in [-0.25, -0.2) is 0 Å². The normalized spacial score (nSPS) is 38.6. The van der Waals surface area contributed by atoms with E-state index in [0.717, 1.165) is 25.2 Å². The van der Waals surface area contributed by atoms with Gasteiger partial charge in [-0.05, 0) is 37.0 Å². The van der Waals surface area contributed by atoms with Gasteiger partial charge in [-0.3, -0.25) is 4.79 Å². The number of ketones is 1. The maximum Gasteiger partial charge on any atom is 0.139 e.